The van der Waals surface area contributed by atoms with Gasteiger partial charge in [-0.3, -0.25) is 9.59 Å². The Labute approximate surface area is 120 Å². The molecule has 2 rings (SSSR count). The van der Waals surface area contributed by atoms with Crippen LogP contribution >= 0.6 is 22.6 Å². The fourth-order valence-electron chi connectivity index (χ4n) is 1.87. The van der Waals surface area contributed by atoms with E-state index in [4.69, 9.17) is 0 Å². The molecule has 1 heterocycles. The summed E-state index contributed by atoms with van der Waals surface area (Å²) in [5, 5.41) is 5.62. The lowest BCUT2D eigenvalue weighted by atomic mass is 9.98. The third-order valence-corrected chi connectivity index (χ3v) is 4.24. The van der Waals surface area contributed by atoms with Crippen LogP contribution in [0.4, 0.5) is 5.69 Å². The molecular weight excluding hydrogens is 343 g/mol. The average molecular weight is 358 g/mol. The Kier molecular flexibility index (Phi) is 4.21. The standard InChI is InChI=1S/C13H15IN2O2/c1-8-2-4-10(6-11(8)14)16-13(18)9-3-5-12(17)15-7-9/h2,4,6,9H,3,5,7H2,1H3,(H,15,17)(H,16,18). The van der Waals surface area contributed by atoms with Crippen LogP contribution < -0.4 is 10.6 Å². The molecule has 1 aromatic carbocycles. The van der Waals surface area contributed by atoms with E-state index in [1.165, 1.54) is 5.56 Å². The molecule has 1 aliphatic rings. The van der Waals surface area contributed by atoms with E-state index in [2.05, 4.69) is 33.2 Å². The van der Waals surface area contributed by atoms with Crippen molar-refractivity contribution in [2.45, 2.75) is 19.8 Å². The molecule has 1 aliphatic heterocycles. The van der Waals surface area contributed by atoms with Crippen LogP contribution in [0.5, 0.6) is 0 Å². The van der Waals surface area contributed by atoms with Crippen LogP contribution in [0.1, 0.15) is 18.4 Å². The minimum absolute atomic E-state index is 0.0188. The van der Waals surface area contributed by atoms with Crippen molar-refractivity contribution in [3.63, 3.8) is 0 Å². The summed E-state index contributed by atoms with van der Waals surface area (Å²) in [5.41, 5.74) is 2.01. The van der Waals surface area contributed by atoms with Crippen molar-refractivity contribution < 1.29 is 9.59 Å². The summed E-state index contributed by atoms with van der Waals surface area (Å²) in [6.45, 7) is 2.47. The predicted octanol–water partition coefficient (Wildman–Crippen LogP) is 2.06. The average Bonchev–Trinajstić information content (AvgIpc) is 2.34. The Hall–Kier alpha value is -1.11. The fraction of sp³-hybridized carbons (Fsp3) is 0.385. The fourth-order valence-corrected chi connectivity index (χ4v) is 2.39. The maximum atomic E-state index is 12.0. The number of rotatable bonds is 2. The molecule has 1 atom stereocenters. The Morgan fingerprint density at radius 1 is 1.50 bits per heavy atom. The molecule has 0 aliphatic carbocycles. The Bertz CT molecular complexity index is 478. The highest BCUT2D eigenvalue weighted by atomic mass is 127. The lowest BCUT2D eigenvalue weighted by Gasteiger charge is -2.21. The first-order chi connectivity index (χ1) is 8.56. The minimum Gasteiger partial charge on any atom is -0.355 e. The molecule has 5 heteroatoms. The highest BCUT2D eigenvalue weighted by molar-refractivity contribution is 14.1. The van der Waals surface area contributed by atoms with E-state index in [1.807, 2.05) is 25.1 Å². The van der Waals surface area contributed by atoms with Crippen LogP contribution in [0.3, 0.4) is 0 Å². The predicted molar refractivity (Wildman–Crippen MR) is 78.3 cm³/mol. The maximum absolute atomic E-state index is 12.0. The van der Waals surface area contributed by atoms with E-state index < -0.39 is 0 Å². The van der Waals surface area contributed by atoms with E-state index in [1.54, 1.807) is 0 Å². The van der Waals surface area contributed by atoms with Gasteiger partial charge in [-0.15, -0.1) is 0 Å². The molecule has 4 nitrogen and oxygen atoms in total. The molecular formula is C13H15IN2O2. The lowest BCUT2D eigenvalue weighted by Crippen LogP contribution is -2.40. The SMILES string of the molecule is Cc1ccc(NC(=O)C2CCC(=O)NC2)cc1I. The van der Waals surface area contributed by atoms with Gasteiger partial charge in [-0.2, -0.15) is 0 Å². The molecule has 0 bridgehead atoms. The van der Waals surface area contributed by atoms with E-state index in [0.717, 1.165) is 9.26 Å². The zero-order valence-corrected chi connectivity index (χ0v) is 12.3. The normalized spacial score (nSPS) is 19.2. The molecule has 0 radical (unpaired) electrons. The van der Waals surface area contributed by atoms with Crippen LogP contribution in [0.15, 0.2) is 18.2 Å². The molecule has 2 N–H and O–H groups in total. The second-order valence-corrected chi connectivity index (χ2v) is 5.66. The van der Waals surface area contributed by atoms with Crippen molar-refractivity contribution in [1.82, 2.24) is 5.32 Å². The van der Waals surface area contributed by atoms with E-state index in [0.29, 0.717) is 19.4 Å². The largest absolute Gasteiger partial charge is 0.355 e. The Morgan fingerprint density at radius 3 is 2.89 bits per heavy atom. The smallest absolute Gasteiger partial charge is 0.229 e. The van der Waals surface area contributed by atoms with Gasteiger partial charge in [0.25, 0.3) is 0 Å². The van der Waals surface area contributed by atoms with Gasteiger partial charge < -0.3 is 10.6 Å². The van der Waals surface area contributed by atoms with Crippen LogP contribution in [0.25, 0.3) is 0 Å². The summed E-state index contributed by atoms with van der Waals surface area (Å²) >= 11 is 2.25. The highest BCUT2D eigenvalue weighted by Crippen LogP contribution is 2.19. The number of piperidine rings is 1. The first-order valence-electron chi connectivity index (χ1n) is 5.90. The first-order valence-corrected chi connectivity index (χ1v) is 6.98. The number of anilines is 1. The minimum atomic E-state index is -0.123. The first kappa shape index (κ1) is 13.3. The molecule has 1 unspecified atom stereocenters. The Morgan fingerprint density at radius 2 is 2.28 bits per heavy atom. The zero-order chi connectivity index (χ0) is 13.1. The number of carbonyl (C=O) groups is 2. The van der Waals surface area contributed by atoms with E-state index in [-0.39, 0.29) is 17.7 Å². The van der Waals surface area contributed by atoms with Crippen LogP contribution in [0, 0.1) is 16.4 Å². The quantitative estimate of drug-likeness (QED) is 0.796. The molecule has 96 valence electrons. The van der Waals surface area contributed by atoms with Gasteiger partial charge in [0.2, 0.25) is 11.8 Å². The molecule has 2 amide bonds. The third kappa shape index (κ3) is 3.22. The van der Waals surface area contributed by atoms with Gasteiger partial charge >= 0.3 is 0 Å². The third-order valence-electron chi connectivity index (χ3n) is 3.08. The molecule has 18 heavy (non-hydrogen) atoms. The molecule has 1 saturated heterocycles. The van der Waals surface area contributed by atoms with Gasteiger partial charge in [-0.05, 0) is 53.6 Å². The summed E-state index contributed by atoms with van der Waals surface area (Å²) in [6.07, 6.45) is 1.06. The zero-order valence-electron chi connectivity index (χ0n) is 10.1. The van der Waals surface area contributed by atoms with Gasteiger partial charge in [0.1, 0.15) is 0 Å². The van der Waals surface area contributed by atoms with Crippen molar-refractivity contribution in [2.75, 3.05) is 11.9 Å². The number of carbonyl (C=O) groups excluding carboxylic acids is 2. The van der Waals surface area contributed by atoms with Crippen molar-refractivity contribution in [2.24, 2.45) is 5.92 Å². The number of nitrogens with one attached hydrogen (secondary N) is 2. The Balaban J connectivity index is 1.98. The monoisotopic (exact) mass is 358 g/mol. The summed E-state index contributed by atoms with van der Waals surface area (Å²) < 4.78 is 1.13. The van der Waals surface area contributed by atoms with Gasteiger partial charge in [0.15, 0.2) is 0 Å². The topological polar surface area (TPSA) is 58.2 Å². The van der Waals surface area contributed by atoms with Crippen molar-refractivity contribution in [1.29, 1.82) is 0 Å². The van der Waals surface area contributed by atoms with Crippen molar-refractivity contribution in [3.8, 4) is 0 Å². The number of hydrogen-bond donors (Lipinski definition) is 2. The van der Waals surface area contributed by atoms with Gasteiger partial charge in [-0.25, -0.2) is 0 Å². The number of amides is 2. The lowest BCUT2D eigenvalue weighted by molar-refractivity contribution is -0.126. The van der Waals surface area contributed by atoms with Crippen LogP contribution in [-0.4, -0.2) is 18.4 Å². The number of hydrogen-bond acceptors (Lipinski definition) is 2. The summed E-state index contributed by atoms with van der Waals surface area (Å²) in [6, 6.07) is 5.84. The number of halogens is 1. The second-order valence-electron chi connectivity index (χ2n) is 4.49. The summed E-state index contributed by atoms with van der Waals surface area (Å²) in [5.74, 6) is -0.111. The van der Waals surface area contributed by atoms with Crippen molar-refractivity contribution in [3.05, 3.63) is 27.3 Å². The van der Waals surface area contributed by atoms with Crippen molar-refractivity contribution >= 4 is 40.1 Å². The molecule has 0 spiro atoms. The van der Waals surface area contributed by atoms with Gasteiger partial charge in [0.05, 0.1) is 5.92 Å². The highest BCUT2D eigenvalue weighted by Gasteiger charge is 2.24. The molecule has 0 saturated carbocycles. The van der Waals surface area contributed by atoms with E-state index in [9.17, 15) is 9.59 Å². The number of benzene rings is 1. The summed E-state index contributed by atoms with van der Waals surface area (Å²) in [4.78, 5) is 23.0. The van der Waals surface area contributed by atoms with Gasteiger partial charge in [0, 0.05) is 22.2 Å². The number of aryl methyl sites for hydroxylation is 1. The van der Waals surface area contributed by atoms with Crippen LogP contribution in [-0.2, 0) is 9.59 Å². The maximum Gasteiger partial charge on any atom is 0.229 e. The summed E-state index contributed by atoms with van der Waals surface area (Å²) in [7, 11) is 0. The molecule has 1 fully saturated rings. The molecule has 0 aromatic heterocycles. The second kappa shape index (κ2) is 5.69. The van der Waals surface area contributed by atoms with E-state index >= 15 is 0 Å². The van der Waals surface area contributed by atoms with Crippen LogP contribution in [0.2, 0.25) is 0 Å². The van der Waals surface area contributed by atoms with Gasteiger partial charge in [-0.1, -0.05) is 6.07 Å². The molecule has 1 aromatic rings.